The number of aromatic nitrogens is 1. The number of carbonyl (C=O) groups is 1. The Kier molecular flexibility index (Phi) is 4.80. The number of nitrogens with one attached hydrogen (secondary N) is 3. The minimum Gasteiger partial charge on any atom is -0.357 e. The van der Waals surface area contributed by atoms with Crippen LogP contribution in [0.4, 0.5) is 4.39 Å². The highest BCUT2D eigenvalue weighted by Gasteiger charge is 2.26. The number of benzene rings is 3. The summed E-state index contributed by atoms with van der Waals surface area (Å²) in [6.45, 7) is 2.74. The van der Waals surface area contributed by atoms with Gasteiger partial charge in [0.2, 0.25) is 0 Å². The van der Waals surface area contributed by atoms with E-state index in [1.54, 1.807) is 0 Å². The number of aromatic amines is 1. The average Bonchev–Trinajstić information content (AvgIpc) is 3.40. The first kappa shape index (κ1) is 20.2. The SMILES string of the molecule is CC(NC1CCCc2c1[nH]c1ccc(-c3ccc4c(c3)CNC4=O)cc21)c1ccc(F)cc1. The summed E-state index contributed by atoms with van der Waals surface area (Å²) >= 11 is 0. The monoisotopic (exact) mass is 439 g/mol. The van der Waals surface area contributed by atoms with Crippen molar-refractivity contribution in [3.05, 3.63) is 94.4 Å². The number of amides is 1. The fraction of sp³-hybridized carbons (Fsp3) is 0.250. The Morgan fingerprint density at radius 1 is 1.03 bits per heavy atom. The van der Waals surface area contributed by atoms with Crippen molar-refractivity contribution in [2.45, 2.75) is 44.8 Å². The summed E-state index contributed by atoms with van der Waals surface area (Å²) < 4.78 is 13.3. The van der Waals surface area contributed by atoms with Gasteiger partial charge in [-0.05, 0) is 90.4 Å². The van der Waals surface area contributed by atoms with Crippen molar-refractivity contribution in [1.29, 1.82) is 0 Å². The van der Waals surface area contributed by atoms with Crippen LogP contribution in [-0.4, -0.2) is 10.9 Å². The van der Waals surface area contributed by atoms with Gasteiger partial charge in [0.25, 0.3) is 5.91 Å². The van der Waals surface area contributed by atoms with Gasteiger partial charge in [-0.25, -0.2) is 4.39 Å². The fourth-order valence-corrected chi connectivity index (χ4v) is 5.37. The molecular weight excluding hydrogens is 413 g/mol. The van der Waals surface area contributed by atoms with E-state index in [0.29, 0.717) is 6.54 Å². The Morgan fingerprint density at radius 2 is 1.82 bits per heavy atom. The molecule has 0 spiro atoms. The van der Waals surface area contributed by atoms with Crippen LogP contribution < -0.4 is 10.6 Å². The predicted molar refractivity (Wildman–Crippen MR) is 129 cm³/mol. The maximum absolute atomic E-state index is 13.3. The third kappa shape index (κ3) is 3.53. The van der Waals surface area contributed by atoms with Gasteiger partial charge in [-0.3, -0.25) is 4.79 Å². The van der Waals surface area contributed by atoms with Crippen molar-refractivity contribution < 1.29 is 9.18 Å². The van der Waals surface area contributed by atoms with Crippen LogP contribution >= 0.6 is 0 Å². The van der Waals surface area contributed by atoms with E-state index in [9.17, 15) is 9.18 Å². The van der Waals surface area contributed by atoms with Crippen LogP contribution in [0.2, 0.25) is 0 Å². The number of hydrogen-bond acceptors (Lipinski definition) is 2. The summed E-state index contributed by atoms with van der Waals surface area (Å²) in [6.07, 6.45) is 3.26. The van der Waals surface area contributed by atoms with Crippen LogP contribution in [0.1, 0.15) is 64.6 Å². The van der Waals surface area contributed by atoms with E-state index in [2.05, 4.69) is 46.8 Å². The van der Waals surface area contributed by atoms with Gasteiger partial charge in [-0.15, -0.1) is 0 Å². The maximum Gasteiger partial charge on any atom is 0.251 e. The van der Waals surface area contributed by atoms with Gasteiger partial charge >= 0.3 is 0 Å². The average molecular weight is 440 g/mol. The molecule has 1 aromatic heterocycles. The van der Waals surface area contributed by atoms with Gasteiger partial charge in [0.05, 0.1) is 0 Å². The van der Waals surface area contributed by atoms with Gasteiger partial charge in [-0.1, -0.05) is 24.3 Å². The number of hydrogen-bond donors (Lipinski definition) is 3. The van der Waals surface area contributed by atoms with Gasteiger partial charge in [-0.2, -0.15) is 0 Å². The molecule has 1 aliphatic heterocycles. The lowest BCUT2D eigenvalue weighted by molar-refractivity contribution is 0.0965. The topological polar surface area (TPSA) is 56.9 Å². The standard InChI is InChI=1S/C28H26FN3O/c1-16(17-5-9-21(29)10-6-17)31-26-4-2-3-23-24-14-19(8-12-25(24)32-27(23)26)18-7-11-22-20(13-18)15-30-28(22)33/h5-14,16,26,31-32H,2-4,15H2,1H3,(H,30,33). The van der Waals surface area contributed by atoms with E-state index in [4.69, 9.17) is 0 Å². The molecule has 5 heteroatoms. The molecule has 2 heterocycles. The fourth-order valence-electron chi connectivity index (χ4n) is 5.37. The van der Waals surface area contributed by atoms with E-state index >= 15 is 0 Å². The summed E-state index contributed by atoms with van der Waals surface area (Å²) in [7, 11) is 0. The zero-order valence-corrected chi connectivity index (χ0v) is 18.5. The summed E-state index contributed by atoms with van der Waals surface area (Å²) in [4.78, 5) is 15.6. The molecule has 2 unspecified atom stereocenters. The Morgan fingerprint density at radius 3 is 2.67 bits per heavy atom. The van der Waals surface area contributed by atoms with Crippen LogP contribution in [0, 0.1) is 5.82 Å². The quantitative estimate of drug-likeness (QED) is 0.368. The first-order valence-electron chi connectivity index (χ1n) is 11.6. The second-order valence-corrected chi connectivity index (χ2v) is 9.22. The zero-order valence-electron chi connectivity index (χ0n) is 18.5. The second-order valence-electron chi connectivity index (χ2n) is 9.22. The molecule has 0 bridgehead atoms. The van der Waals surface area contributed by atoms with Crippen molar-refractivity contribution in [3.8, 4) is 11.1 Å². The molecule has 3 N–H and O–H groups in total. The number of fused-ring (bicyclic) bond motifs is 4. The van der Waals surface area contributed by atoms with Crippen molar-refractivity contribution in [3.63, 3.8) is 0 Å². The van der Waals surface area contributed by atoms with Crippen molar-refractivity contribution in [2.75, 3.05) is 0 Å². The Hall–Kier alpha value is -3.44. The predicted octanol–water partition coefficient (Wildman–Crippen LogP) is 5.95. The van der Waals surface area contributed by atoms with Gasteiger partial charge in [0.1, 0.15) is 5.82 Å². The summed E-state index contributed by atoms with van der Waals surface area (Å²) in [5.74, 6) is -0.191. The molecule has 0 fully saturated rings. The minimum atomic E-state index is -0.205. The van der Waals surface area contributed by atoms with E-state index in [-0.39, 0.29) is 23.8 Å². The lowest BCUT2D eigenvalue weighted by Crippen LogP contribution is -2.27. The maximum atomic E-state index is 13.3. The van der Waals surface area contributed by atoms with Crippen LogP contribution in [0.25, 0.3) is 22.0 Å². The smallest absolute Gasteiger partial charge is 0.251 e. The normalized spacial score (nSPS) is 18.1. The van der Waals surface area contributed by atoms with Crippen LogP contribution in [0.5, 0.6) is 0 Å². The van der Waals surface area contributed by atoms with Crippen molar-refractivity contribution in [2.24, 2.45) is 0 Å². The van der Waals surface area contributed by atoms with Crippen molar-refractivity contribution >= 4 is 16.8 Å². The van der Waals surface area contributed by atoms with Gasteiger partial charge in [0.15, 0.2) is 0 Å². The number of rotatable bonds is 4. The molecule has 0 radical (unpaired) electrons. The third-order valence-electron chi connectivity index (χ3n) is 7.15. The van der Waals surface area contributed by atoms with E-state index < -0.39 is 0 Å². The van der Waals surface area contributed by atoms with E-state index in [1.807, 2.05) is 24.3 Å². The molecule has 2 aliphatic rings. The molecule has 1 aliphatic carbocycles. The molecule has 0 saturated carbocycles. The molecule has 2 atom stereocenters. The molecule has 4 nitrogen and oxygen atoms in total. The molecule has 6 rings (SSSR count). The highest BCUT2D eigenvalue weighted by Crippen LogP contribution is 2.38. The highest BCUT2D eigenvalue weighted by molar-refractivity contribution is 5.99. The number of halogens is 1. The Bertz CT molecular complexity index is 1370. The first-order valence-corrected chi connectivity index (χ1v) is 11.6. The van der Waals surface area contributed by atoms with Gasteiger partial charge in [0, 0.05) is 40.8 Å². The molecule has 4 aromatic rings. The summed E-state index contributed by atoms with van der Waals surface area (Å²) in [5, 5.41) is 7.93. The zero-order chi connectivity index (χ0) is 22.5. The first-order chi connectivity index (χ1) is 16.1. The molecule has 0 saturated heterocycles. The molecule has 1 amide bonds. The molecule has 166 valence electrons. The summed E-state index contributed by atoms with van der Waals surface area (Å²) in [5.41, 5.74) is 9.05. The molecular formula is C28H26FN3O. The largest absolute Gasteiger partial charge is 0.357 e. The van der Waals surface area contributed by atoms with E-state index in [1.165, 1.54) is 34.3 Å². The lowest BCUT2D eigenvalue weighted by atomic mass is 9.90. The number of aryl methyl sites for hydroxylation is 1. The second kappa shape index (κ2) is 7.85. The summed E-state index contributed by atoms with van der Waals surface area (Å²) in [6, 6.07) is 19.8. The molecule has 3 aromatic carbocycles. The van der Waals surface area contributed by atoms with Crippen LogP contribution in [-0.2, 0) is 13.0 Å². The van der Waals surface area contributed by atoms with Crippen LogP contribution in [0.3, 0.4) is 0 Å². The van der Waals surface area contributed by atoms with Crippen molar-refractivity contribution in [1.82, 2.24) is 15.6 Å². The Labute approximate surface area is 192 Å². The van der Waals surface area contributed by atoms with Crippen LogP contribution in [0.15, 0.2) is 60.7 Å². The lowest BCUT2D eigenvalue weighted by Gasteiger charge is -2.27. The Balaban J connectivity index is 1.32. The van der Waals surface area contributed by atoms with Gasteiger partial charge < -0.3 is 15.6 Å². The van der Waals surface area contributed by atoms with E-state index in [0.717, 1.165) is 47.0 Å². The minimum absolute atomic E-state index is 0.0140. The number of carbonyl (C=O) groups excluding carboxylic acids is 1. The number of H-pyrrole nitrogens is 1. The molecule has 33 heavy (non-hydrogen) atoms. The third-order valence-corrected chi connectivity index (χ3v) is 7.15. The highest BCUT2D eigenvalue weighted by atomic mass is 19.1.